The van der Waals surface area contributed by atoms with Crippen LogP contribution in [0.3, 0.4) is 0 Å². The summed E-state index contributed by atoms with van der Waals surface area (Å²) in [7, 11) is 0. The third-order valence-corrected chi connectivity index (χ3v) is 3.66. The Hall–Kier alpha value is -0.570. The highest BCUT2D eigenvalue weighted by molar-refractivity contribution is 5.81. The van der Waals surface area contributed by atoms with E-state index in [9.17, 15) is 4.79 Å². The Morgan fingerprint density at radius 3 is 2.44 bits per heavy atom. The first-order valence-corrected chi connectivity index (χ1v) is 6.38. The smallest absolute Gasteiger partial charge is 0.239 e. The van der Waals surface area contributed by atoms with Gasteiger partial charge in [0.25, 0.3) is 0 Å². The lowest BCUT2D eigenvalue weighted by Gasteiger charge is -2.27. The summed E-state index contributed by atoms with van der Waals surface area (Å²) in [4.78, 5) is 14.1. The molecule has 3 nitrogen and oxygen atoms in total. The van der Waals surface area contributed by atoms with Crippen LogP contribution in [0.15, 0.2) is 0 Å². The van der Waals surface area contributed by atoms with E-state index in [0.29, 0.717) is 5.41 Å². The summed E-state index contributed by atoms with van der Waals surface area (Å²) < 4.78 is 0. The van der Waals surface area contributed by atoms with Crippen molar-refractivity contribution in [3.63, 3.8) is 0 Å². The summed E-state index contributed by atoms with van der Waals surface area (Å²) in [6.45, 7) is 10.3. The highest BCUT2D eigenvalue weighted by Crippen LogP contribution is 2.29. The molecule has 0 aromatic heterocycles. The summed E-state index contributed by atoms with van der Waals surface area (Å²) in [5.41, 5.74) is 6.29. The Labute approximate surface area is 99.4 Å². The number of carbonyl (C=O) groups is 1. The van der Waals surface area contributed by atoms with E-state index in [1.54, 1.807) is 0 Å². The van der Waals surface area contributed by atoms with E-state index in [1.807, 2.05) is 18.7 Å². The maximum absolute atomic E-state index is 12.1. The Morgan fingerprint density at radius 1 is 1.25 bits per heavy atom. The summed E-state index contributed by atoms with van der Waals surface area (Å²) in [6.07, 6.45) is 3.39. The van der Waals surface area contributed by atoms with Gasteiger partial charge in [-0.05, 0) is 30.6 Å². The van der Waals surface area contributed by atoms with Gasteiger partial charge in [0.1, 0.15) is 0 Å². The van der Waals surface area contributed by atoms with Gasteiger partial charge >= 0.3 is 0 Å². The van der Waals surface area contributed by atoms with Crippen LogP contribution in [-0.2, 0) is 4.79 Å². The molecular weight excluding hydrogens is 200 g/mol. The van der Waals surface area contributed by atoms with Gasteiger partial charge < -0.3 is 10.6 Å². The second kappa shape index (κ2) is 5.17. The number of likely N-dealkylation sites (tertiary alicyclic amines) is 1. The predicted octanol–water partition coefficient (Wildman–Crippen LogP) is 2.01. The molecule has 2 N–H and O–H groups in total. The average Bonchev–Trinajstić information content (AvgIpc) is 2.37. The number of amides is 1. The van der Waals surface area contributed by atoms with Crippen molar-refractivity contribution in [2.75, 3.05) is 13.1 Å². The van der Waals surface area contributed by atoms with Gasteiger partial charge in [-0.1, -0.05) is 27.7 Å². The molecule has 94 valence electrons. The average molecular weight is 226 g/mol. The first-order chi connectivity index (χ1) is 7.33. The molecule has 1 aliphatic rings. The van der Waals surface area contributed by atoms with Crippen LogP contribution in [0.4, 0.5) is 0 Å². The van der Waals surface area contributed by atoms with E-state index in [4.69, 9.17) is 5.73 Å². The first kappa shape index (κ1) is 13.5. The van der Waals surface area contributed by atoms with Crippen LogP contribution < -0.4 is 5.73 Å². The minimum absolute atomic E-state index is 0.132. The highest BCUT2D eigenvalue weighted by atomic mass is 16.2. The van der Waals surface area contributed by atoms with E-state index in [2.05, 4.69) is 13.8 Å². The topological polar surface area (TPSA) is 46.3 Å². The molecule has 1 fully saturated rings. The molecule has 0 saturated carbocycles. The van der Waals surface area contributed by atoms with Crippen LogP contribution in [0.1, 0.15) is 47.0 Å². The Bertz CT molecular complexity index is 248. The molecule has 1 rings (SSSR count). The lowest BCUT2D eigenvalue weighted by molar-refractivity contribution is -0.133. The molecule has 0 bridgehead atoms. The molecular formula is C13H26N2O. The van der Waals surface area contributed by atoms with Crippen molar-refractivity contribution in [1.82, 2.24) is 4.90 Å². The fourth-order valence-corrected chi connectivity index (χ4v) is 2.14. The van der Waals surface area contributed by atoms with Gasteiger partial charge in [0.15, 0.2) is 0 Å². The summed E-state index contributed by atoms with van der Waals surface area (Å²) >= 11 is 0. The molecule has 0 aromatic rings. The highest BCUT2D eigenvalue weighted by Gasteiger charge is 2.28. The van der Waals surface area contributed by atoms with Crippen LogP contribution in [-0.4, -0.2) is 29.9 Å². The normalized spacial score (nSPS) is 23.0. The van der Waals surface area contributed by atoms with Gasteiger partial charge in [-0.3, -0.25) is 4.79 Å². The molecule has 1 saturated heterocycles. The van der Waals surface area contributed by atoms with Gasteiger partial charge in [0, 0.05) is 13.1 Å². The zero-order chi connectivity index (χ0) is 12.3. The van der Waals surface area contributed by atoms with Crippen LogP contribution in [0.25, 0.3) is 0 Å². The van der Waals surface area contributed by atoms with Crippen molar-refractivity contribution in [3.8, 4) is 0 Å². The SMILES string of the molecule is CC(C)C(N)C(=O)N1CCCC(C)(C)CC1. The molecule has 0 aromatic carbocycles. The number of hydrogen-bond donors (Lipinski definition) is 1. The van der Waals surface area contributed by atoms with Crippen molar-refractivity contribution < 1.29 is 4.79 Å². The van der Waals surface area contributed by atoms with Crippen molar-refractivity contribution in [1.29, 1.82) is 0 Å². The van der Waals surface area contributed by atoms with Gasteiger partial charge in [-0.2, -0.15) is 0 Å². The van der Waals surface area contributed by atoms with Crippen molar-refractivity contribution >= 4 is 5.91 Å². The van der Waals surface area contributed by atoms with Crippen LogP contribution in [0, 0.1) is 11.3 Å². The number of rotatable bonds is 2. The fourth-order valence-electron chi connectivity index (χ4n) is 2.14. The lowest BCUT2D eigenvalue weighted by atomic mass is 9.85. The quantitative estimate of drug-likeness (QED) is 0.783. The molecule has 0 radical (unpaired) electrons. The maximum atomic E-state index is 12.1. The predicted molar refractivity (Wildman–Crippen MR) is 67.0 cm³/mol. The number of carbonyl (C=O) groups excluding carboxylic acids is 1. The lowest BCUT2D eigenvalue weighted by Crippen LogP contribution is -2.47. The zero-order valence-corrected chi connectivity index (χ0v) is 11.1. The largest absolute Gasteiger partial charge is 0.341 e. The Balaban J connectivity index is 2.58. The molecule has 16 heavy (non-hydrogen) atoms. The fraction of sp³-hybridized carbons (Fsp3) is 0.923. The van der Waals surface area contributed by atoms with E-state index in [1.165, 1.54) is 6.42 Å². The third-order valence-electron chi connectivity index (χ3n) is 3.66. The van der Waals surface area contributed by atoms with Crippen LogP contribution >= 0.6 is 0 Å². The number of hydrogen-bond acceptors (Lipinski definition) is 2. The first-order valence-electron chi connectivity index (χ1n) is 6.38. The minimum Gasteiger partial charge on any atom is -0.341 e. The van der Waals surface area contributed by atoms with Gasteiger partial charge in [-0.25, -0.2) is 0 Å². The molecule has 1 atom stereocenters. The van der Waals surface area contributed by atoms with E-state index in [-0.39, 0.29) is 17.9 Å². The van der Waals surface area contributed by atoms with E-state index < -0.39 is 0 Å². The van der Waals surface area contributed by atoms with Crippen molar-refractivity contribution in [2.45, 2.75) is 53.0 Å². The van der Waals surface area contributed by atoms with Crippen molar-refractivity contribution in [3.05, 3.63) is 0 Å². The number of nitrogens with zero attached hydrogens (tertiary/aromatic N) is 1. The zero-order valence-electron chi connectivity index (χ0n) is 11.1. The standard InChI is InChI=1S/C13H26N2O/c1-10(2)11(14)12(16)15-8-5-6-13(3,4)7-9-15/h10-11H,5-9,14H2,1-4H3. The number of nitrogens with two attached hydrogens (primary N) is 1. The Kier molecular flexibility index (Phi) is 4.36. The molecule has 0 spiro atoms. The monoisotopic (exact) mass is 226 g/mol. The van der Waals surface area contributed by atoms with E-state index in [0.717, 1.165) is 25.9 Å². The molecule has 3 heteroatoms. The summed E-state index contributed by atoms with van der Waals surface area (Å²) in [5.74, 6) is 0.358. The summed E-state index contributed by atoms with van der Waals surface area (Å²) in [6, 6.07) is -0.332. The van der Waals surface area contributed by atoms with Gasteiger partial charge in [0.2, 0.25) is 5.91 Å². The molecule has 1 aliphatic heterocycles. The van der Waals surface area contributed by atoms with Gasteiger partial charge in [-0.15, -0.1) is 0 Å². The summed E-state index contributed by atoms with van der Waals surface area (Å²) in [5, 5.41) is 0. The molecule has 0 aliphatic carbocycles. The Morgan fingerprint density at radius 2 is 1.88 bits per heavy atom. The molecule has 1 unspecified atom stereocenters. The third kappa shape index (κ3) is 3.48. The molecule has 1 amide bonds. The second-order valence-electron chi connectivity index (χ2n) is 6.11. The van der Waals surface area contributed by atoms with Crippen LogP contribution in [0.5, 0.6) is 0 Å². The van der Waals surface area contributed by atoms with Gasteiger partial charge in [0.05, 0.1) is 6.04 Å². The van der Waals surface area contributed by atoms with E-state index >= 15 is 0 Å². The maximum Gasteiger partial charge on any atom is 0.239 e. The van der Waals surface area contributed by atoms with Crippen molar-refractivity contribution in [2.24, 2.45) is 17.1 Å². The van der Waals surface area contributed by atoms with Crippen LogP contribution in [0.2, 0.25) is 0 Å². The second-order valence-corrected chi connectivity index (χ2v) is 6.11. The molecule has 1 heterocycles. The minimum atomic E-state index is -0.332.